The first-order valence-electron chi connectivity index (χ1n) is 10.3. The zero-order valence-electron chi connectivity index (χ0n) is 18.2. The molecule has 7 nitrogen and oxygen atoms in total. The highest BCUT2D eigenvalue weighted by Gasteiger charge is 2.23. The van der Waals surface area contributed by atoms with E-state index in [2.05, 4.69) is 20.8 Å². The summed E-state index contributed by atoms with van der Waals surface area (Å²) in [5, 5.41) is 13.3. The summed E-state index contributed by atoms with van der Waals surface area (Å²) in [6.07, 6.45) is 0. The lowest BCUT2D eigenvalue weighted by molar-refractivity contribution is -0.119. The number of hydrogen-bond acceptors (Lipinski definition) is 5. The molecule has 0 aliphatic heterocycles. The highest BCUT2D eigenvalue weighted by Crippen LogP contribution is 2.29. The average molecular weight is 456 g/mol. The number of amides is 3. The molecule has 2 aromatic carbocycles. The molecule has 0 fully saturated rings. The summed E-state index contributed by atoms with van der Waals surface area (Å²) < 4.78 is 16.1. The third kappa shape index (κ3) is 6.16. The molecule has 1 unspecified atom stereocenters. The lowest BCUT2D eigenvalue weighted by atomic mass is 10.2. The van der Waals surface area contributed by atoms with Crippen LogP contribution in [0, 0.1) is 11.7 Å². The predicted octanol–water partition coefficient (Wildman–Crippen LogP) is 4.25. The fourth-order valence-corrected chi connectivity index (χ4v) is 3.85. The summed E-state index contributed by atoms with van der Waals surface area (Å²) in [6, 6.07) is 15.2. The Morgan fingerprint density at radius 3 is 2.41 bits per heavy atom. The van der Waals surface area contributed by atoms with E-state index in [1.54, 1.807) is 25.1 Å². The monoisotopic (exact) mass is 455 g/mol. The number of thioether (sulfide) groups is 1. The predicted molar refractivity (Wildman–Crippen MR) is 122 cm³/mol. The quantitative estimate of drug-likeness (QED) is 0.496. The van der Waals surface area contributed by atoms with E-state index in [-0.39, 0.29) is 11.7 Å². The molecular weight excluding hydrogens is 429 g/mol. The Balaban J connectivity index is 1.67. The summed E-state index contributed by atoms with van der Waals surface area (Å²) in [5.74, 6) is -0.175. The molecule has 2 N–H and O–H groups in total. The van der Waals surface area contributed by atoms with E-state index in [0.29, 0.717) is 29.6 Å². The number of rotatable bonds is 8. The van der Waals surface area contributed by atoms with Crippen LogP contribution in [-0.4, -0.2) is 32.0 Å². The van der Waals surface area contributed by atoms with Crippen molar-refractivity contribution in [3.63, 3.8) is 0 Å². The largest absolute Gasteiger partial charge is 0.334 e. The van der Waals surface area contributed by atoms with Crippen molar-refractivity contribution in [1.29, 1.82) is 0 Å². The Hall–Kier alpha value is -3.20. The maximum atomic E-state index is 14.3. The van der Waals surface area contributed by atoms with Crippen LogP contribution in [-0.2, 0) is 17.9 Å². The molecule has 0 bridgehead atoms. The molecule has 9 heteroatoms. The van der Waals surface area contributed by atoms with E-state index < -0.39 is 17.2 Å². The van der Waals surface area contributed by atoms with Crippen molar-refractivity contribution < 1.29 is 14.0 Å². The second-order valence-electron chi connectivity index (χ2n) is 7.71. The first-order chi connectivity index (χ1) is 15.3. The van der Waals surface area contributed by atoms with Gasteiger partial charge in [-0.3, -0.25) is 10.1 Å². The van der Waals surface area contributed by atoms with Crippen molar-refractivity contribution >= 4 is 23.7 Å². The summed E-state index contributed by atoms with van der Waals surface area (Å²) in [7, 11) is 0. The van der Waals surface area contributed by atoms with Crippen molar-refractivity contribution in [2.24, 2.45) is 5.92 Å². The lowest BCUT2D eigenvalue weighted by Gasteiger charge is -2.15. The average Bonchev–Trinajstić information content (AvgIpc) is 3.14. The van der Waals surface area contributed by atoms with Crippen molar-refractivity contribution in [1.82, 2.24) is 25.4 Å². The molecule has 1 atom stereocenters. The van der Waals surface area contributed by atoms with Crippen molar-refractivity contribution in [2.45, 2.75) is 44.3 Å². The van der Waals surface area contributed by atoms with Crippen LogP contribution in [0.3, 0.4) is 0 Å². The highest BCUT2D eigenvalue weighted by molar-refractivity contribution is 8.00. The number of nitrogens with one attached hydrogen (secondary N) is 2. The van der Waals surface area contributed by atoms with Crippen molar-refractivity contribution in [3.8, 4) is 11.4 Å². The van der Waals surface area contributed by atoms with Gasteiger partial charge in [0.1, 0.15) is 5.82 Å². The molecule has 32 heavy (non-hydrogen) atoms. The van der Waals surface area contributed by atoms with E-state index >= 15 is 0 Å². The molecule has 3 aromatic rings. The SMILES string of the molecule is CC(C)Cn1c(SC(C)C(=O)NC(=O)NCc2ccccc2)nnc1-c1ccccc1F. The van der Waals surface area contributed by atoms with E-state index in [1.807, 2.05) is 48.7 Å². The minimum atomic E-state index is -0.610. The van der Waals surface area contributed by atoms with Gasteiger partial charge in [0.15, 0.2) is 11.0 Å². The van der Waals surface area contributed by atoms with Gasteiger partial charge in [-0.15, -0.1) is 10.2 Å². The zero-order chi connectivity index (χ0) is 23.1. The molecular formula is C23H26FN5O2S. The van der Waals surface area contributed by atoms with E-state index in [9.17, 15) is 14.0 Å². The Kier molecular flexibility index (Phi) is 7.99. The van der Waals surface area contributed by atoms with Crippen molar-refractivity contribution in [3.05, 3.63) is 66.0 Å². The standard InChI is InChI=1S/C23H26FN5O2S/c1-15(2)14-29-20(18-11-7-8-12-19(18)24)27-28-23(29)32-16(3)21(30)26-22(31)25-13-17-9-5-4-6-10-17/h4-12,15-16H,13-14H2,1-3H3,(H2,25,26,30,31). The van der Waals surface area contributed by atoms with Crippen LogP contribution in [0.4, 0.5) is 9.18 Å². The lowest BCUT2D eigenvalue weighted by Crippen LogP contribution is -2.42. The third-order valence-electron chi connectivity index (χ3n) is 4.56. The second-order valence-corrected chi connectivity index (χ2v) is 9.02. The maximum Gasteiger partial charge on any atom is 0.321 e. The number of hydrogen-bond donors (Lipinski definition) is 2. The third-order valence-corrected chi connectivity index (χ3v) is 5.64. The molecule has 3 amide bonds. The van der Waals surface area contributed by atoms with Crippen LogP contribution < -0.4 is 10.6 Å². The number of halogens is 1. The van der Waals surface area contributed by atoms with Gasteiger partial charge in [-0.05, 0) is 30.5 Å². The maximum absolute atomic E-state index is 14.3. The summed E-state index contributed by atoms with van der Waals surface area (Å²) in [4.78, 5) is 24.6. The second kappa shape index (κ2) is 10.9. The molecule has 168 valence electrons. The van der Waals surface area contributed by atoms with Gasteiger partial charge in [0.05, 0.1) is 10.8 Å². The minimum Gasteiger partial charge on any atom is -0.334 e. The number of carbonyl (C=O) groups is 2. The Labute approximate surface area is 190 Å². The van der Waals surface area contributed by atoms with Crippen LogP contribution in [0.2, 0.25) is 0 Å². The van der Waals surface area contributed by atoms with Gasteiger partial charge in [-0.25, -0.2) is 9.18 Å². The van der Waals surface area contributed by atoms with E-state index in [4.69, 9.17) is 0 Å². The summed E-state index contributed by atoms with van der Waals surface area (Å²) in [5.41, 5.74) is 1.28. The fraction of sp³-hybridized carbons (Fsp3) is 0.304. The van der Waals surface area contributed by atoms with Crippen LogP contribution in [0.5, 0.6) is 0 Å². The molecule has 0 radical (unpaired) electrons. The topological polar surface area (TPSA) is 88.9 Å². The molecule has 0 saturated heterocycles. The van der Waals surface area contributed by atoms with Gasteiger partial charge in [0, 0.05) is 13.1 Å². The van der Waals surface area contributed by atoms with Crippen LogP contribution in [0.1, 0.15) is 26.3 Å². The first-order valence-corrected chi connectivity index (χ1v) is 11.2. The molecule has 0 saturated carbocycles. The highest BCUT2D eigenvalue weighted by atomic mass is 32.2. The number of carbonyl (C=O) groups excluding carboxylic acids is 2. The number of benzene rings is 2. The van der Waals surface area contributed by atoms with Gasteiger partial charge in [-0.2, -0.15) is 0 Å². The van der Waals surface area contributed by atoms with Crippen molar-refractivity contribution in [2.75, 3.05) is 0 Å². The van der Waals surface area contributed by atoms with Gasteiger partial charge >= 0.3 is 6.03 Å². The Morgan fingerprint density at radius 1 is 1.03 bits per heavy atom. The minimum absolute atomic E-state index is 0.253. The van der Waals surface area contributed by atoms with Crippen LogP contribution >= 0.6 is 11.8 Å². The van der Waals surface area contributed by atoms with Gasteiger partial charge in [0.2, 0.25) is 5.91 Å². The smallest absolute Gasteiger partial charge is 0.321 e. The summed E-state index contributed by atoms with van der Waals surface area (Å²) >= 11 is 1.17. The molecule has 0 aliphatic rings. The van der Waals surface area contributed by atoms with Gasteiger partial charge in [0.25, 0.3) is 0 Å². The molecule has 0 aliphatic carbocycles. The number of urea groups is 1. The number of nitrogens with zero attached hydrogens (tertiary/aromatic N) is 3. The van der Waals surface area contributed by atoms with E-state index in [0.717, 1.165) is 5.56 Å². The van der Waals surface area contributed by atoms with Gasteiger partial charge in [-0.1, -0.05) is 68.1 Å². The molecule has 1 aromatic heterocycles. The fourth-order valence-electron chi connectivity index (χ4n) is 2.99. The molecule has 0 spiro atoms. The van der Waals surface area contributed by atoms with Gasteiger partial charge < -0.3 is 9.88 Å². The van der Waals surface area contributed by atoms with Crippen LogP contribution in [0.15, 0.2) is 59.8 Å². The Bertz CT molecular complexity index is 1070. The van der Waals surface area contributed by atoms with Crippen LogP contribution in [0.25, 0.3) is 11.4 Å². The Morgan fingerprint density at radius 2 is 1.72 bits per heavy atom. The summed E-state index contributed by atoms with van der Waals surface area (Å²) in [6.45, 7) is 6.63. The normalized spacial score (nSPS) is 11.9. The zero-order valence-corrected chi connectivity index (χ0v) is 19.0. The first kappa shape index (κ1) is 23.5. The number of imide groups is 1. The molecule has 1 heterocycles. The van der Waals surface area contributed by atoms with E-state index in [1.165, 1.54) is 17.8 Å². The molecule has 3 rings (SSSR count). The number of aromatic nitrogens is 3.